The third-order valence-corrected chi connectivity index (χ3v) is 6.41. The van der Waals surface area contributed by atoms with E-state index in [4.69, 9.17) is 5.73 Å². The predicted octanol–water partition coefficient (Wildman–Crippen LogP) is -0.471. The van der Waals surface area contributed by atoms with Crippen LogP contribution in [0.1, 0.15) is 24.5 Å². The summed E-state index contributed by atoms with van der Waals surface area (Å²) in [4.78, 5) is 38.0. The van der Waals surface area contributed by atoms with Gasteiger partial charge in [0.15, 0.2) is 11.4 Å². The molecule has 0 unspecified atom stereocenters. The van der Waals surface area contributed by atoms with E-state index >= 15 is 0 Å². The molecule has 0 radical (unpaired) electrons. The highest BCUT2D eigenvalue weighted by Gasteiger charge is 2.66. The molecule has 1 aromatic carbocycles. The van der Waals surface area contributed by atoms with Crippen LogP contribution in [0.5, 0.6) is 5.75 Å². The number of amides is 1. The SMILES string of the molecule is C[C@@]1(O)c2cccc(O)c2C(O)=C2C(=O)[C@]3(O)C(=O)C(C(N)=O)=C(O)/C(=N/O)[C@@H]3C[C@@H]21. The van der Waals surface area contributed by atoms with Gasteiger partial charge in [0.2, 0.25) is 11.6 Å². The van der Waals surface area contributed by atoms with Crippen molar-refractivity contribution in [2.45, 2.75) is 24.5 Å². The van der Waals surface area contributed by atoms with Gasteiger partial charge in [0.25, 0.3) is 5.91 Å². The lowest BCUT2D eigenvalue weighted by Crippen LogP contribution is -2.65. The molecule has 1 aromatic rings. The number of Topliss-reactive ketones (excluding diaryl/α,β-unsaturated/α-hetero) is 2. The maximum absolute atomic E-state index is 13.4. The standard InChI is InChI=1S/C20H18N2O9/c1-19(29)6-3-2-4-9(23)10(6)14(24)11-7(19)5-8-13(22-31)15(25)12(18(21)28)17(27)20(8,30)16(11)26/h2-4,7-8,23-25,29-31H,5H2,1H3,(H2,21,28)/b22-13+/t7-,8-,19+,20-/m0/s1. The van der Waals surface area contributed by atoms with Crippen molar-refractivity contribution < 1.29 is 45.1 Å². The molecule has 3 aliphatic carbocycles. The number of allylic oxidation sites excluding steroid dienone is 1. The number of benzene rings is 1. The van der Waals surface area contributed by atoms with Crippen molar-refractivity contribution >= 4 is 28.9 Å². The molecule has 31 heavy (non-hydrogen) atoms. The molecule has 1 saturated carbocycles. The average Bonchev–Trinajstić information content (AvgIpc) is 2.68. The van der Waals surface area contributed by atoms with Crippen LogP contribution in [0, 0.1) is 11.8 Å². The number of rotatable bonds is 1. The fourth-order valence-corrected chi connectivity index (χ4v) is 4.87. The van der Waals surface area contributed by atoms with Gasteiger partial charge in [0.1, 0.15) is 22.8 Å². The molecule has 3 aliphatic rings. The molecular formula is C20H18N2O9. The summed E-state index contributed by atoms with van der Waals surface area (Å²) in [5.74, 6) is -9.56. The lowest BCUT2D eigenvalue weighted by Gasteiger charge is -2.49. The number of aliphatic hydroxyl groups excluding tert-OH is 2. The maximum atomic E-state index is 13.4. The highest BCUT2D eigenvalue weighted by atomic mass is 16.4. The Balaban J connectivity index is 2.04. The summed E-state index contributed by atoms with van der Waals surface area (Å²) in [6, 6.07) is 4.05. The van der Waals surface area contributed by atoms with Crippen molar-refractivity contribution in [2.24, 2.45) is 22.7 Å². The van der Waals surface area contributed by atoms with Crippen molar-refractivity contribution in [3.05, 3.63) is 46.2 Å². The number of aromatic hydroxyl groups is 1. The molecule has 4 atom stereocenters. The number of carbonyl (C=O) groups is 3. The van der Waals surface area contributed by atoms with Crippen molar-refractivity contribution in [1.29, 1.82) is 0 Å². The molecular weight excluding hydrogens is 412 g/mol. The first kappa shape index (κ1) is 20.6. The van der Waals surface area contributed by atoms with Crippen LogP contribution in [0.3, 0.4) is 0 Å². The van der Waals surface area contributed by atoms with Crippen molar-refractivity contribution in [3.8, 4) is 5.75 Å². The zero-order valence-corrected chi connectivity index (χ0v) is 16.0. The molecule has 11 nitrogen and oxygen atoms in total. The van der Waals surface area contributed by atoms with Crippen LogP contribution in [-0.4, -0.2) is 59.5 Å². The summed E-state index contributed by atoms with van der Waals surface area (Å²) in [6.45, 7) is 1.31. The number of hydrogen-bond acceptors (Lipinski definition) is 10. The summed E-state index contributed by atoms with van der Waals surface area (Å²) in [5.41, 5.74) is -2.40. The van der Waals surface area contributed by atoms with E-state index in [1.165, 1.54) is 25.1 Å². The largest absolute Gasteiger partial charge is 0.507 e. The Labute approximate surface area is 174 Å². The molecule has 1 amide bonds. The zero-order valence-electron chi connectivity index (χ0n) is 16.0. The molecule has 0 bridgehead atoms. The van der Waals surface area contributed by atoms with Crippen LogP contribution in [0.25, 0.3) is 5.76 Å². The Kier molecular flexibility index (Phi) is 4.08. The summed E-state index contributed by atoms with van der Waals surface area (Å²) < 4.78 is 0. The fraction of sp³-hybridized carbons (Fsp3) is 0.300. The lowest BCUT2D eigenvalue weighted by atomic mass is 9.55. The number of oxime groups is 1. The van der Waals surface area contributed by atoms with Gasteiger partial charge in [-0.2, -0.15) is 0 Å². The quantitative estimate of drug-likeness (QED) is 0.133. The first-order valence-corrected chi connectivity index (χ1v) is 9.16. The van der Waals surface area contributed by atoms with Crippen LogP contribution in [0.2, 0.25) is 0 Å². The number of carbonyl (C=O) groups excluding carboxylic acids is 3. The molecule has 11 heteroatoms. The Morgan fingerprint density at radius 3 is 2.32 bits per heavy atom. The van der Waals surface area contributed by atoms with Gasteiger partial charge >= 0.3 is 0 Å². The van der Waals surface area contributed by atoms with Crippen molar-refractivity contribution in [1.82, 2.24) is 0 Å². The summed E-state index contributed by atoms with van der Waals surface area (Å²) in [6.07, 6.45) is -0.440. The van der Waals surface area contributed by atoms with Gasteiger partial charge in [0, 0.05) is 11.5 Å². The lowest BCUT2D eigenvalue weighted by molar-refractivity contribution is -0.157. The molecule has 8 N–H and O–H groups in total. The highest BCUT2D eigenvalue weighted by Crippen LogP contribution is 2.55. The van der Waals surface area contributed by atoms with Gasteiger partial charge in [-0.3, -0.25) is 14.4 Å². The van der Waals surface area contributed by atoms with Crippen LogP contribution in [0.15, 0.2) is 40.3 Å². The van der Waals surface area contributed by atoms with Crippen LogP contribution in [-0.2, 0) is 20.0 Å². The Morgan fingerprint density at radius 1 is 1.10 bits per heavy atom. The molecule has 162 valence electrons. The number of fused-ring (bicyclic) bond motifs is 3. The summed E-state index contributed by atoms with van der Waals surface area (Å²) >= 11 is 0. The van der Waals surface area contributed by atoms with Gasteiger partial charge < -0.3 is 36.5 Å². The smallest absolute Gasteiger partial charge is 0.256 e. The normalized spacial score (nSPS) is 33.8. The number of phenolic OH excluding ortho intramolecular Hbond substituents is 1. The van der Waals surface area contributed by atoms with Crippen LogP contribution >= 0.6 is 0 Å². The third kappa shape index (κ3) is 2.29. The summed E-state index contributed by atoms with van der Waals surface area (Å²) in [5, 5.41) is 66.0. The second kappa shape index (κ2) is 6.15. The molecule has 0 spiro atoms. The van der Waals surface area contributed by atoms with Gasteiger partial charge in [-0.1, -0.05) is 17.3 Å². The van der Waals surface area contributed by atoms with E-state index in [9.17, 15) is 45.1 Å². The Morgan fingerprint density at radius 2 is 1.74 bits per heavy atom. The molecule has 0 aliphatic heterocycles. The predicted molar refractivity (Wildman–Crippen MR) is 102 cm³/mol. The number of phenols is 1. The van der Waals surface area contributed by atoms with Crippen molar-refractivity contribution in [2.75, 3.05) is 0 Å². The van der Waals surface area contributed by atoms with Gasteiger partial charge in [-0.25, -0.2) is 0 Å². The van der Waals surface area contributed by atoms with E-state index in [-0.39, 0.29) is 11.1 Å². The number of ketones is 2. The third-order valence-electron chi connectivity index (χ3n) is 6.41. The van der Waals surface area contributed by atoms with E-state index in [0.717, 1.165) is 0 Å². The van der Waals surface area contributed by atoms with E-state index < -0.39 is 81.1 Å². The van der Waals surface area contributed by atoms with E-state index in [1.807, 2.05) is 0 Å². The molecule has 0 aromatic heterocycles. The minimum Gasteiger partial charge on any atom is -0.507 e. The zero-order chi connectivity index (χ0) is 23.0. The average molecular weight is 430 g/mol. The van der Waals surface area contributed by atoms with E-state index in [1.54, 1.807) is 0 Å². The van der Waals surface area contributed by atoms with Crippen molar-refractivity contribution in [3.63, 3.8) is 0 Å². The number of primary amides is 1. The second-order valence-corrected chi connectivity index (χ2v) is 7.95. The Bertz CT molecular complexity index is 1180. The molecule has 0 heterocycles. The van der Waals surface area contributed by atoms with Crippen LogP contribution < -0.4 is 5.73 Å². The number of hydrogen-bond donors (Lipinski definition) is 7. The topological polar surface area (TPSA) is 211 Å². The van der Waals surface area contributed by atoms with Gasteiger partial charge in [-0.05, 0) is 25.0 Å². The molecule has 1 fully saturated rings. The minimum absolute atomic E-state index is 0.0826. The number of nitrogens with two attached hydrogens (primary N) is 1. The fourth-order valence-electron chi connectivity index (χ4n) is 4.87. The minimum atomic E-state index is -3.05. The summed E-state index contributed by atoms with van der Waals surface area (Å²) in [7, 11) is 0. The monoisotopic (exact) mass is 430 g/mol. The van der Waals surface area contributed by atoms with Gasteiger partial charge in [0.05, 0.1) is 17.1 Å². The Hall–Kier alpha value is -3.70. The van der Waals surface area contributed by atoms with E-state index in [0.29, 0.717) is 0 Å². The first-order valence-electron chi connectivity index (χ1n) is 9.16. The van der Waals surface area contributed by atoms with E-state index in [2.05, 4.69) is 5.16 Å². The first-order chi connectivity index (χ1) is 14.4. The second-order valence-electron chi connectivity index (χ2n) is 7.95. The molecule has 0 saturated heterocycles. The highest BCUT2D eigenvalue weighted by molar-refractivity contribution is 6.38. The maximum Gasteiger partial charge on any atom is 0.256 e. The van der Waals surface area contributed by atoms with Gasteiger partial charge in [-0.15, -0.1) is 0 Å². The molecule has 4 rings (SSSR count). The number of aliphatic hydroxyl groups is 4. The van der Waals surface area contributed by atoms with Crippen LogP contribution in [0.4, 0.5) is 0 Å². The number of nitrogens with zero attached hydrogens (tertiary/aromatic N) is 1.